The number of benzene rings is 1. The number of hydrogen-bond acceptors (Lipinski definition) is 6. The molecule has 3 aromatic heterocycles. The molecule has 0 aliphatic heterocycles. The molecule has 0 aliphatic rings. The minimum absolute atomic E-state index is 0.112. The molecule has 0 spiro atoms. The lowest BCUT2D eigenvalue weighted by molar-refractivity contribution is 0.414. The number of rotatable bonds is 4. The van der Waals surface area contributed by atoms with Crippen LogP contribution < -0.4 is 10.3 Å². The van der Waals surface area contributed by atoms with Crippen molar-refractivity contribution in [1.82, 2.24) is 19.3 Å². The molecule has 1 aromatic carbocycles. The molecular weight excluding hydrogens is 356 g/mol. The first-order valence-corrected chi connectivity index (χ1v) is 9.68. The minimum Gasteiger partial charge on any atom is -0.497 e. The second-order valence-electron chi connectivity index (χ2n) is 5.62. The van der Waals surface area contributed by atoms with Gasteiger partial charge in [0.1, 0.15) is 11.3 Å². The standard InChI is InChI=1S/C17H16N4O2S2/c1-20-13-12(14-15(20)19-17(24-3)25-14)8-18-21(16(13)22)9-10-5-4-6-11(7-10)23-2/h4-8H,9H2,1-3H3. The number of thioether (sulfide) groups is 1. The van der Waals surface area contributed by atoms with E-state index in [1.807, 2.05) is 42.1 Å². The average Bonchev–Trinajstić information content (AvgIpc) is 3.17. The summed E-state index contributed by atoms with van der Waals surface area (Å²) in [5, 5.41) is 5.24. The number of hydrogen-bond donors (Lipinski definition) is 0. The summed E-state index contributed by atoms with van der Waals surface area (Å²) in [7, 11) is 3.51. The maximum atomic E-state index is 13.0. The highest BCUT2D eigenvalue weighted by Crippen LogP contribution is 2.34. The predicted molar refractivity (Wildman–Crippen MR) is 102 cm³/mol. The summed E-state index contributed by atoms with van der Waals surface area (Å²) < 4.78 is 10.6. The molecule has 6 nitrogen and oxygen atoms in total. The van der Waals surface area contributed by atoms with E-state index >= 15 is 0 Å². The highest BCUT2D eigenvalue weighted by Gasteiger charge is 2.18. The van der Waals surface area contributed by atoms with Crippen LogP contribution in [0.4, 0.5) is 0 Å². The number of thiazole rings is 1. The van der Waals surface area contributed by atoms with Crippen LogP contribution in [0.3, 0.4) is 0 Å². The molecule has 4 aromatic rings. The van der Waals surface area contributed by atoms with Crippen LogP contribution in [0, 0.1) is 0 Å². The molecule has 0 N–H and O–H groups in total. The predicted octanol–water partition coefficient (Wildman–Crippen LogP) is 3.12. The summed E-state index contributed by atoms with van der Waals surface area (Å²) >= 11 is 3.20. The summed E-state index contributed by atoms with van der Waals surface area (Å²) in [5.74, 6) is 0.764. The molecule has 0 fully saturated rings. The van der Waals surface area contributed by atoms with E-state index in [1.54, 1.807) is 36.4 Å². The van der Waals surface area contributed by atoms with E-state index in [4.69, 9.17) is 4.74 Å². The Bertz CT molecular complexity index is 1140. The minimum atomic E-state index is -0.112. The van der Waals surface area contributed by atoms with E-state index in [2.05, 4.69) is 10.1 Å². The Balaban J connectivity index is 1.85. The fraction of sp³-hybridized carbons (Fsp3) is 0.235. The normalized spacial score (nSPS) is 11.5. The first-order chi connectivity index (χ1) is 12.1. The van der Waals surface area contributed by atoms with Crippen LogP contribution >= 0.6 is 23.1 Å². The topological polar surface area (TPSA) is 61.9 Å². The first kappa shape index (κ1) is 16.2. The van der Waals surface area contributed by atoms with Crippen molar-refractivity contribution in [2.24, 2.45) is 7.05 Å². The van der Waals surface area contributed by atoms with Gasteiger partial charge >= 0.3 is 0 Å². The number of aryl methyl sites for hydroxylation is 1. The van der Waals surface area contributed by atoms with E-state index in [1.165, 1.54) is 4.68 Å². The van der Waals surface area contributed by atoms with Gasteiger partial charge in [-0.3, -0.25) is 4.79 Å². The van der Waals surface area contributed by atoms with Crippen LogP contribution in [0.2, 0.25) is 0 Å². The summed E-state index contributed by atoms with van der Waals surface area (Å²) in [4.78, 5) is 17.5. The quantitative estimate of drug-likeness (QED) is 0.515. The van der Waals surface area contributed by atoms with Crippen molar-refractivity contribution in [3.8, 4) is 5.75 Å². The van der Waals surface area contributed by atoms with Gasteiger partial charge in [0.2, 0.25) is 0 Å². The number of nitrogens with zero attached hydrogens (tertiary/aromatic N) is 4. The zero-order valence-corrected chi connectivity index (χ0v) is 15.6. The number of aromatic nitrogens is 4. The Morgan fingerprint density at radius 1 is 1.36 bits per heavy atom. The third-order valence-corrected chi connectivity index (χ3v) is 6.21. The van der Waals surface area contributed by atoms with Gasteiger partial charge in [-0.2, -0.15) is 5.10 Å². The van der Waals surface area contributed by atoms with Gasteiger partial charge in [0.25, 0.3) is 5.56 Å². The Kier molecular flexibility index (Phi) is 4.01. The maximum Gasteiger partial charge on any atom is 0.291 e. The molecule has 0 unspecified atom stereocenters. The monoisotopic (exact) mass is 372 g/mol. The smallest absolute Gasteiger partial charge is 0.291 e. The van der Waals surface area contributed by atoms with Crippen LogP contribution in [-0.4, -0.2) is 32.7 Å². The zero-order valence-electron chi connectivity index (χ0n) is 14.0. The molecule has 0 bridgehead atoms. The summed E-state index contributed by atoms with van der Waals surface area (Å²) in [6.45, 7) is 0.397. The Morgan fingerprint density at radius 2 is 2.20 bits per heavy atom. The second-order valence-corrected chi connectivity index (χ2v) is 7.67. The molecule has 128 valence electrons. The van der Waals surface area contributed by atoms with Crippen LogP contribution in [0.5, 0.6) is 5.75 Å². The van der Waals surface area contributed by atoms with Crippen LogP contribution in [0.1, 0.15) is 5.56 Å². The first-order valence-electron chi connectivity index (χ1n) is 7.64. The van der Waals surface area contributed by atoms with Gasteiger partial charge in [-0.25, -0.2) is 9.67 Å². The van der Waals surface area contributed by atoms with Crippen molar-refractivity contribution >= 4 is 44.3 Å². The molecule has 8 heteroatoms. The van der Waals surface area contributed by atoms with Gasteiger partial charge < -0.3 is 9.30 Å². The van der Waals surface area contributed by atoms with Gasteiger partial charge in [-0.05, 0) is 24.0 Å². The van der Waals surface area contributed by atoms with E-state index in [9.17, 15) is 4.79 Å². The van der Waals surface area contributed by atoms with Gasteiger partial charge in [0.15, 0.2) is 9.99 Å². The maximum absolute atomic E-state index is 13.0. The molecule has 0 atom stereocenters. The van der Waals surface area contributed by atoms with Crippen molar-refractivity contribution in [3.63, 3.8) is 0 Å². The van der Waals surface area contributed by atoms with Crippen molar-refractivity contribution in [3.05, 3.63) is 46.4 Å². The fourth-order valence-corrected chi connectivity index (χ4v) is 4.52. The highest BCUT2D eigenvalue weighted by molar-refractivity contribution is 8.00. The van der Waals surface area contributed by atoms with E-state index in [0.29, 0.717) is 12.1 Å². The lowest BCUT2D eigenvalue weighted by atomic mass is 10.2. The van der Waals surface area contributed by atoms with Crippen LogP contribution in [-0.2, 0) is 13.6 Å². The third-order valence-electron chi connectivity index (χ3n) is 4.15. The molecule has 0 saturated heterocycles. The van der Waals surface area contributed by atoms with Crippen molar-refractivity contribution in [2.45, 2.75) is 10.9 Å². The van der Waals surface area contributed by atoms with E-state index in [-0.39, 0.29) is 5.56 Å². The Morgan fingerprint density at radius 3 is 2.96 bits per heavy atom. The molecular formula is C17H16N4O2S2. The number of methoxy groups -OCH3 is 1. The summed E-state index contributed by atoms with van der Waals surface area (Å²) in [6, 6.07) is 7.65. The SMILES string of the molecule is COc1cccc(Cn2ncc3c4sc(SC)nc4n(C)c3c2=O)c1. The number of fused-ring (bicyclic) bond motifs is 3. The number of ether oxygens (including phenoxy) is 1. The van der Waals surface area contributed by atoms with Crippen molar-refractivity contribution in [2.75, 3.05) is 13.4 Å². The van der Waals surface area contributed by atoms with E-state index in [0.717, 1.165) is 31.4 Å². The molecule has 0 amide bonds. The van der Waals surface area contributed by atoms with Gasteiger partial charge in [0, 0.05) is 12.4 Å². The molecule has 3 heterocycles. The fourth-order valence-electron chi connectivity index (χ4n) is 2.91. The summed E-state index contributed by atoms with van der Waals surface area (Å²) in [5.41, 5.74) is 2.33. The van der Waals surface area contributed by atoms with Crippen LogP contribution in [0.15, 0.2) is 39.6 Å². The van der Waals surface area contributed by atoms with E-state index < -0.39 is 0 Å². The van der Waals surface area contributed by atoms with Crippen LogP contribution in [0.25, 0.3) is 21.3 Å². The Hall–Kier alpha value is -2.32. The second kappa shape index (κ2) is 6.20. The van der Waals surface area contributed by atoms with Gasteiger partial charge in [0.05, 0.1) is 24.6 Å². The molecule has 25 heavy (non-hydrogen) atoms. The summed E-state index contributed by atoms with van der Waals surface area (Å²) in [6.07, 6.45) is 3.76. The molecule has 0 radical (unpaired) electrons. The third kappa shape index (κ3) is 2.61. The average molecular weight is 372 g/mol. The van der Waals surface area contributed by atoms with Crippen molar-refractivity contribution in [1.29, 1.82) is 0 Å². The zero-order chi connectivity index (χ0) is 17.6. The molecule has 4 rings (SSSR count). The van der Waals surface area contributed by atoms with Gasteiger partial charge in [-0.1, -0.05) is 23.9 Å². The van der Waals surface area contributed by atoms with Gasteiger partial charge in [-0.15, -0.1) is 11.3 Å². The lowest BCUT2D eigenvalue weighted by Crippen LogP contribution is -2.24. The molecule has 0 aliphatic carbocycles. The van der Waals surface area contributed by atoms with Crippen molar-refractivity contribution < 1.29 is 4.74 Å². The molecule has 0 saturated carbocycles. The lowest BCUT2D eigenvalue weighted by Gasteiger charge is -2.07. The Labute approximate surface area is 152 Å². The largest absolute Gasteiger partial charge is 0.497 e. The highest BCUT2D eigenvalue weighted by atomic mass is 32.2.